The molecule has 6 nitrogen and oxygen atoms in total. The van der Waals surface area contributed by atoms with Gasteiger partial charge in [0, 0.05) is 49.5 Å². The topological polar surface area (TPSA) is 61.9 Å². The standard InChI is InChI=1S/C23H29N3O3/c1-3-5-22(27)26-16-14-25(15-17-26)20-10-8-19(9-11-20)24-23(28)18-6-12-21(13-7-18)29-4-2/h6-13H,3-5,14-17H2,1-2H3,(H,24,28). The summed E-state index contributed by atoms with van der Waals surface area (Å²) in [6.07, 6.45) is 1.52. The van der Waals surface area contributed by atoms with Crippen molar-refractivity contribution in [3.63, 3.8) is 0 Å². The fourth-order valence-corrected chi connectivity index (χ4v) is 3.41. The number of hydrogen-bond donors (Lipinski definition) is 1. The molecule has 1 aliphatic rings. The van der Waals surface area contributed by atoms with E-state index in [0.717, 1.165) is 49.7 Å². The maximum absolute atomic E-state index is 12.4. The first-order valence-electron chi connectivity index (χ1n) is 10.3. The number of piperazine rings is 1. The van der Waals surface area contributed by atoms with Crippen LogP contribution in [0.15, 0.2) is 48.5 Å². The Kier molecular flexibility index (Phi) is 7.11. The number of nitrogens with one attached hydrogen (secondary N) is 1. The van der Waals surface area contributed by atoms with Crippen LogP contribution in [0.1, 0.15) is 37.0 Å². The zero-order valence-electron chi connectivity index (χ0n) is 17.2. The molecule has 1 fully saturated rings. The van der Waals surface area contributed by atoms with Gasteiger partial charge in [0.1, 0.15) is 5.75 Å². The highest BCUT2D eigenvalue weighted by atomic mass is 16.5. The van der Waals surface area contributed by atoms with E-state index in [2.05, 4.69) is 10.2 Å². The second kappa shape index (κ2) is 9.96. The van der Waals surface area contributed by atoms with Gasteiger partial charge >= 0.3 is 0 Å². The molecule has 3 rings (SSSR count). The number of amides is 2. The van der Waals surface area contributed by atoms with E-state index < -0.39 is 0 Å². The Balaban J connectivity index is 1.54. The zero-order valence-corrected chi connectivity index (χ0v) is 17.2. The Morgan fingerprint density at radius 1 is 0.931 bits per heavy atom. The highest BCUT2D eigenvalue weighted by Crippen LogP contribution is 2.21. The minimum atomic E-state index is -0.149. The molecular formula is C23H29N3O3. The van der Waals surface area contributed by atoms with Crippen molar-refractivity contribution >= 4 is 23.2 Å². The van der Waals surface area contributed by atoms with Crippen molar-refractivity contribution < 1.29 is 14.3 Å². The van der Waals surface area contributed by atoms with E-state index in [-0.39, 0.29) is 11.8 Å². The van der Waals surface area contributed by atoms with Crippen molar-refractivity contribution in [3.8, 4) is 5.75 Å². The minimum absolute atomic E-state index is 0.149. The molecule has 2 aromatic rings. The Hall–Kier alpha value is -3.02. The average Bonchev–Trinajstić information content (AvgIpc) is 2.75. The van der Waals surface area contributed by atoms with E-state index >= 15 is 0 Å². The van der Waals surface area contributed by atoms with Gasteiger partial charge in [0.25, 0.3) is 5.91 Å². The summed E-state index contributed by atoms with van der Waals surface area (Å²) in [5.74, 6) is 0.855. The first kappa shape index (κ1) is 20.7. The van der Waals surface area contributed by atoms with Crippen molar-refractivity contribution in [2.45, 2.75) is 26.7 Å². The van der Waals surface area contributed by atoms with Gasteiger partial charge in [0.2, 0.25) is 5.91 Å². The van der Waals surface area contributed by atoms with Crippen LogP contribution < -0.4 is 15.0 Å². The Bertz CT molecular complexity index is 810. The lowest BCUT2D eigenvalue weighted by Crippen LogP contribution is -2.48. The number of carbonyl (C=O) groups excluding carboxylic acids is 2. The van der Waals surface area contributed by atoms with E-state index in [4.69, 9.17) is 4.74 Å². The van der Waals surface area contributed by atoms with Gasteiger partial charge in [-0.05, 0) is 61.9 Å². The molecule has 0 saturated carbocycles. The molecule has 0 aliphatic carbocycles. The number of anilines is 2. The molecule has 154 valence electrons. The molecule has 0 unspecified atom stereocenters. The number of benzene rings is 2. The summed E-state index contributed by atoms with van der Waals surface area (Å²) >= 11 is 0. The summed E-state index contributed by atoms with van der Waals surface area (Å²) < 4.78 is 5.40. The summed E-state index contributed by atoms with van der Waals surface area (Å²) in [6, 6.07) is 15.0. The van der Waals surface area contributed by atoms with Gasteiger partial charge < -0.3 is 19.9 Å². The lowest BCUT2D eigenvalue weighted by Gasteiger charge is -2.36. The zero-order chi connectivity index (χ0) is 20.6. The van der Waals surface area contributed by atoms with E-state index in [1.807, 2.05) is 43.0 Å². The molecule has 0 atom stereocenters. The smallest absolute Gasteiger partial charge is 0.255 e. The third kappa shape index (κ3) is 5.50. The van der Waals surface area contributed by atoms with Gasteiger partial charge in [-0.1, -0.05) is 6.92 Å². The largest absolute Gasteiger partial charge is 0.494 e. The van der Waals surface area contributed by atoms with Crippen LogP contribution in [-0.4, -0.2) is 49.5 Å². The second-order valence-electron chi connectivity index (χ2n) is 7.08. The van der Waals surface area contributed by atoms with Crippen molar-refractivity contribution in [3.05, 3.63) is 54.1 Å². The molecule has 6 heteroatoms. The van der Waals surface area contributed by atoms with Gasteiger partial charge in [-0.3, -0.25) is 9.59 Å². The predicted octanol–water partition coefficient (Wildman–Crippen LogP) is 3.79. The molecule has 0 bridgehead atoms. The van der Waals surface area contributed by atoms with Crippen molar-refractivity contribution in [2.24, 2.45) is 0 Å². The quantitative estimate of drug-likeness (QED) is 0.775. The number of carbonyl (C=O) groups is 2. The number of nitrogens with zero attached hydrogens (tertiary/aromatic N) is 2. The van der Waals surface area contributed by atoms with Crippen molar-refractivity contribution in [2.75, 3.05) is 43.0 Å². The molecule has 0 radical (unpaired) electrons. The predicted molar refractivity (Wildman–Crippen MR) is 116 cm³/mol. The van der Waals surface area contributed by atoms with Gasteiger partial charge in [-0.15, -0.1) is 0 Å². The minimum Gasteiger partial charge on any atom is -0.494 e. The summed E-state index contributed by atoms with van der Waals surface area (Å²) in [5, 5.41) is 2.92. The highest BCUT2D eigenvalue weighted by molar-refractivity contribution is 6.04. The van der Waals surface area contributed by atoms with E-state index in [1.54, 1.807) is 24.3 Å². The van der Waals surface area contributed by atoms with Crippen LogP contribution in [0.4, 0.5) is 11.4 Å². The highest BCUT2D eigenvalue weighted by Gasteiger charge is 2.20. The monoisotopic (exact) mass is 395 g/mol. The normalized spacial score (nSPS) is 13.9. The summed E-state index contributed by atoms with van der Waals surface area (Å²) in [7, 11) is 0. The molecular weight excluding hydrogens is 366 g/mol. The van der Waals surface area contributed by atoms with Crippen LogP contribution in [0.2, 0.25) is 0 Å². The molecule has 0 spiro atoms. The fourth-order valence-electron chi connectivity index (χ4n) is 3.41. The lowest BCUT2D eigenvalue weighted by molar-refractivity contribution is -0.131. The van der Waals surface area contributed by atoms with Crippen LogP contribution in [0.25, 0.3) is 0 Å². The summed E-state index contributed by atoms with van der Waals surface area (Å²) in [4.78, 5) is 28.7. The maximum Gasteiger partial charge on any atom is 0.255 e. The maximum atomic E-state index is 12.4. The average molecular weight is 396 g/mol. The van der Waals surface area contributed by atoms with E-state index in [0.29, 0.717) is 18.6 Å². The first-order valence-corrected chi connectivity index (χ1v) is 10.3. The van der Waals surface area contributed by atoms with E-state index in [1.165, 1.54) is 0 Å². The molecule has 1 heterocycles. The van der Waals surface area contributed by atoms with Crippen molar-refractivity contribution in [1.29, 1.82) is 0 Å². The Morgan fingerprint density at radius 2 is 1.59 bits per heavy atom. The Labute approximate surface area is 172 Å². The van der Waals surface area contributed by atoms with Gasteiger partial charge in [0.15, 0.2) is 0 Å². The molecule has 1 saturated heterocycles. The summed E-state index contributed by atoms with van der Waals surface area (Å²) in [5.41, 5.74) is 2.45. The van der Waals surface area contributed by atoms with Crippen LogP contribution in [-0.2, 0) is 4.79 Å². The SMILES string of the molecule is CCCC(=O)N1CCN(c2ccc(NC(=O)c3ccc(OCC)cc3)cc2)CC1. The number of ether oxygens (including phenoxy) is 1. The molecule has 1 aliphatic heterocycles. The van der Waals surface area contributed by atoms with Gasteiger partial charge in [-0.2, -0.15) is 0 Å². The van der Waals surface area contributed by atoms with Crippen LogP contribution in [0, 0.1) is 0 Å². The van der Waals surface area contributed by atoms with Crippen LogP contribution >= 0.6 is 0 Å². The fraction of sp³-hybridized carbons (Fsp3) is 0.391. The molecule has 2 aromatic carbocycles. The number of rotatable bonds is 7. The lowest BCUT2D eigenvalue weighted by atomic mass is 10.2. The third-order valence-electron chi connectivity index (χ3n) is 5.01. The molecule has 1 N–H and O–H groups in total. The third-order valence-corrected chi connectivity index (χ3v) is 5.01. The molecule has 0 aromatic heterocycles. The van der Waals surface area contributed by atoms with E-state index in [9.17, 15) is 9.59 Å². The first-order chi connectivity index (χ1) is 14.1. The second-order valence-corrected chi connectivity index (χ2v) is 7.08. The number of hydrogen-bond acceptors (Lipinski definition) is 4. The van der Waals surface area contributed by atoms with Crippen LogP contribution in [0.3, 0.4) is 0 Å². The molecule has 29 heavy (non-hydrogen) atoms. The molecule has 2 amide bonds. The van der Waals surface area contributed by atoms with Crippen LogP contribution in [0.5, 0.6) is 5.75 Å². The van der Waals surface area contributed by atoms with Gasteiger partial charge in [0.05, 0.1) is 6.61 Å². The van der Waals surface area contributed by atoms with Gasteiger partial charge in [-0.25, -0.2) is 0 Å². The summed E-state index contributed by atoms with van der Waals surface area (Å²) in [6.45, 7) is 7.73. The Morgan fingerprint density at radius 3 is 2.17 bits per heavy atom. The van der Waals surface area contributed by atoms with Crippen molar-refractivity contribution in [1.82, 2.24) is 4.90 Å².